The van der Waals surface area contributed by atoms with Gasteiger partial charge >= 0.3 is 11.8 Å². The topological polar surface area (TPSA) is 105 Å². The Balaban J connectivity index is 2.21. The highest BCUT2D eigenvalue weighted by molar-refractivity contribution is 6.48. The average Bonchev–Trinajstić information content (AvgIpc) is 2.50. The number of benzene rings is 1. The summed E-state index contributed by atoms with van der Waals surface area (Å²) in [5, 5.41) is 2.39. The number of carbonyl (C=O) groups excluding carboxylic acids is 3. The lowest BCUT2D eigenvalue weighted by molar-refractivity contribution is -0.136. The Morgan fingerprint density at radius 2 is 1.82 bits per heavy atom. The van der Waals surface area contributed by atoms with E-state index in [0.29, 0.717) is 11.4 Å². The second-order valence-corrected chi connectivity index (χ2v) is 4.45. The van der Waals surface area contributed by atoms with Crippen LogP contribution in [0.25, 0.3) is 0 Å². The number of anilines is 3. The van der Waals surface area contributed by atoms with Gasteiger partial charge in [0, 0.05) is 18.8 Å². The van der Waals surface area contributed by atoms with E-state index in [1.54, 1.807) is 12.1 Å². The monoisotopic (exact) mass is 298 g/mol. The zero-order chi connectivity index (χ0) is 16.1. The van der Waals surface area contributed by atoms with Crippen LogP contribution in [0.1, 0.15) is 6.92 Å². The van der Waals surface area contributed by atoms with E-state index in [4.69, 9.17) is 5.73 Å². The molecule has 0 bridgehead atoms. The van der Waals surface area contributed by atoms with E-state index >= 15 is 0 Å². The number of nitrogens with zero attached hydrogens (tertiary/aromatic N) is 2. The Labute approximate surface area is 126 Å². The number of nitrogens with one attached hydrogen (secondary N) is 1. The molecule has 7 nitrogen and oxygen atoms in total. The van der Waals surface area contributed by atoms with Gasteiger partial charge in [0.15, 0.2) is 0 Å². The molecule has 1 aromatic heterocycles. The Hall–Kier alpha value is -3.22. The SMILES string of the molecule is CC(=O)N(C(=O)C(=O)Nc1cccnc1)c1ccc(N)cc1. The number of imide groups is 1. The Morgan fingerprint density at radius 1 is 1.14 bits per heavy atom. The van der Waals surface area contributed by atoms with E-state index < -0.39 is 17.7 Å². The Morgan fingerprint density at radius 3 is 2.36 bits per heavy atom. The maximum atomic E-state index is 12.2. The van der Waals surface area contributed by atoms with Gasteiger partial charge in [-0.2, -0.15) is 0 Å². The maximum Gasteiger partial charge on any atom is 0.323 e. The van der Waals surface area contributed by atoms with Crippen molar-refractivity contribution < 1.29 is 14.4 Å². The van der Waals surface area contributed by atoms with Gasteiger partial charge < -0.3 is 11.1 Å². The average molecular weight is 298 g/mol. The van der Waals surface area contributed by atoms with E-state index in [1.165, 1.54) is 43.6 Å². The van der Waals surface area contributed by atoms with Crippen LogP contribution in [0.5, 0.6) is 0 Å². The Kier molecular flexibility index (Phi) is 4.47. The molecule has 3 amide bonds. The van der Waals surface area contributed by atoms with E-state index in [-0.39, 0.29) is 5.69 Å². The molecule has 0 saturated heterocycles. The third-order valence-electron chi connectivity index (χ3n) is 2.78. The summed E-state index contributed by atoms with van der Waals surface area (Å²) in [7, 11) is 0. The lowest BCUT2D eigenvalue weighted by Gasteiger charge is -2.18. The van der Waals surface area contributed by atoms with E-state index in [9.17, 15) is 14.4 Å². The van der Waals surface area contributed by atoms with Gasteiger partial charge in [-0.25, -0.2) is 4.90 Å². The minimum absolute atomic E-state index is 0.271. The van der Waals surface area contributed by atoms with Crippen molar-refractivity contribution in [1.82, 2.24) is 4.98 Å². The summed E-state index contributed by atoms with van der Waals surface area (Å²) < 4.78 is 0. The minimum Gasteiger partial charge on any atom is -0.399 e. The smallest absolute Gasteiger partial charge is 0.323 e. The molecule has 0 spiro atoms. The van der Waals surface area contributed by atoms with Crippen molar-refractivity contribution in [1.29, 1.82) is 0 Å². The zero-order valence-corrected chi connectivity index (χ0v) is 11.8. The van der Waals surface area contributed by atoms with Crippen LogP contribution in [0.3, 0.4) is 0 Å². The van der Waals surface area contributed by atoms with Crippen LogP contribution < -0.4 is 16.0 Å². The summed E-state index contributed by atoms with van der Waals surface area (Å²) in [5.74, 6) is -2.49. The summed E-state index contributed by atoms with van der Waals surface area (Å²) in [6.45, 7) is 1.20. The highest BCUT2D eigenvalue weighted by Crippen LogP contribution is 2.17. The van der Waals surface area contributed by atoms with Gasteiger partial charge in [0.05, 0.1) is 17.6 Å². The fraction of sp³-hybridized carbons (Fsp3) is 0.0667. The molecule has 112 valence electrons. The zero-order valence-electron chi connectivity index (χ0n) is 11.8. The van der Waals surface area contributed by atoms with Crippen molar-refractivity contribution in [2.75, 3.05) is 16.0 Å². The quantitative estimate of drug-likeness (QED) is 0.640. The summed E-state index contributed by atoms with van der Waals surface area (Å²) in [4.78, 5) is 40.5. The molecule has 1 aromatic carbocycles. The lowest BCUT2D eigenvalue weighted by Crippen LogP contribution is -2.42. The molecular formula is C15H14N4O3. The van der Waals surface area contributed by atoms with Crippen molar-refractivity contribution in [3.05, 3.63) is 48.8 Å². The number of nitrogens with two attached hydrogens (primary N) is 1. The molecule has 3 N–H and O–H groups in total. The van der Waals surface area contributed by atoms with Crippen LogP contribution in [0.4, 0.5) is 17.1 Å². The molecule has 22 heavy (non-hydrogen) atoms. The highest BCUT2D eigenvalue weighted by Gasteiger charge is 2.26. The molecule has 0 atom stereocenters. The van der Waals surface area contributed by atoms with Gasteiger partial charge in [-0.1, -0.05) is 0 Å². The summed E-state index contributed by atoms with van der Waals surface area (Å²) in [6, 6.07) is 9.26. The molecule has 0 aliphatic rings. The number of nitrogen functional groups attached to an aromatic ring is 1. The first-order valence-corrected chi connectivity index (χ1v) is 6.40. The lowest BCUT2D eigenvalue weighted by atomic mass is 10.2. The normalized spacial score (nSPS) is 9.86. The number of rotatable bonds is 2. The second kappa shape index (κ2) is 6.49. The number of hydrogen-bond donors (Lipinski definition) is 2. The third-order valence-corrected chi connectivity index (χ3v) is 2.78. The maximum absolute atomic E-state index is 12.2. The van der Waals surface area contributed by atoms with Crippen molar-refractivity contribution in [2.24, 2.45) is 0 Å². The van der Waals surface area contributed by atoms with Gasteiger partial charge in [-0.05, 0) is 36.4 Å². The highest BCUT2D eigenvalue weighted by atomic mass is 16.2. The van der Waals surface area contributed by atoms with Crippen LogP contribution in [-0.4, -0.2) is 22.7 Å². The molecule has 2 rings (SSSR count). The molecular weight excluding hydrogens is 284 g/mol. The first-order chi connectivity index (χ1) is 10.5. The molecule has 7 heteroatoms. The van der Waals surface area contributed by atoms with Gasteiger partial charge in [0.2, 0.25) is 5.91 Å². The first kappa shape index (κ1) is 15.2. The van der Waals surface area contributed by atoms with Crippen LogP contribution >= 0.6 is 0 Å². The number of pyridine rings is 1. The molecule has 0 saturated carbocycles. The predicted octanol–water partition coefficient (Wildman–Crippen LogP) is 1.18. The number of carbonyl (C=O) groups is 3. The number of amides is 3. The van der Waals surface area contributed by atoms with Gasteiger partial charge in [-0.15, -0.1) is 0 Å². The fourth-order valence-corrected chi connectivity index (χ4v) is 1.79. The van der Waals surface area contributed by atoms with Crippen molar-refractivity contribution in [3.8, 4) is 0 Å². The Bertz CT molecular complexity index is 698. The summed E-state index contributed by atoms with van der Waals surface area (Å²) in [6.07, 6.45) is 2.93. The third kappa shape index (κ3) is 3.45. The largest absolute Gasteiger partial charge is 0.399 e. The van der Waals surface area contributed by atoms with Crippen LogP contribution in [0.15, 0.2) is 48.8 Å². The second-order valence-electron chi connectivity index (χ2n) is 4.45. The van der Waals surface area contributed by atoms with E-state index in [0.717, 1.165) is 4.90 Å². The standard InChI is InChI=1S/C15H14N4O3/c1-10(20)19(13-6-4-11(16)5-7-13)15(22)14(21)18-12-3-2-8-17-9-12/h2-9H,16H2,1H3,(H,18,21). The number of hydrogen-bond acceptors (Lipinski definition) is 5. The molecule has 1 heterocycles. The molecule has 2 aromatic rings. The van der Waals surface area contributed by atoms with Crippen molar-refractivity contribution >= 4 is 34.8 Å². The summed E-state index contributed by atoms with van der Waals surface area (Å²) in [5.41, 5.74) is 6.69. The molecule has 0 unspecified atom stereocenters. The summed E-state index contributed by atoms with van der Waals surface area (Å²) >= 11 is 0. The van der Waals surface area contributed by atoms with E-state index in [2.05, 4.69) is 10.3 Å². The van der Waals surface area contributed by atoms with E-state index in [1.807, 2.05) is 0 Å². The van der Waals surface area contributed by atoms with Crippen molar-refractivity contribution in [2.45, 2.75) is 6.92 Å². The molecule has 0 aliphatic heterocycles. The van der Waals surface area contributed by atoms with Crippen LogP contribution in [-0.2, 0) is 14.4 Å². The fourth-order valence-electron chi connectivity index (χ4n) is 1.79. The molecule has 0 fully saturated rings. The molecule has 0 aliphatic carbocycles. The van der Waals surface area contributed by atoms with Crippen LogP contribution in [0, 0.1) is 0 Å². The first-order valence-electron chi connectivity index (χ1n) is 6.40. The predicted molar refractivity (Wildman–Crippen MR) is 81.9 cm³/mol. The minimum atomic E-state index is -0.985. The van der Waals surface area contributed by atoms with Crippen molar-refractivity contribution in [3.63, 3.8) is 0 Å². The van der Waals surface area contributed by atoms with Gasteiger partial charge in [-0.3, -0.25) is 19.4 Å². The molecule has 0 radical (unpaired) electrons. The number of aromatic nitrogens is 1. The van der Waals surface area contributed by atoms with Gasteiger partial charge in [0.25, 0.3) is 0 Å². The van der Waals surface area contributed by atoms with Gasteiger partial charge in [0.1, 0.15) is 0 Å². The van der Waals surface area contributed by atoms with Crippen LogP contribution in [0.2, 0.25) is 0 Å².